The first kappa shape index (κ1) is 57.5. The lowest BCUT2D eigenvalue weighted by molar-refractivity contribution is 0.00360. The Labute approximate surface area is 445 Å². The molecule has 412 valence electrons. The number of ether oxygens (including phenoxy) is 8. The lowest BCUT2D eigenvalue weighted by Gasteiger charge is -2.26. The van der Waals surface area contributed by atoms with Gasteiger partial charge in [0, 0.05) is 37.4 Å². The van der Waals surface area contributed by atoms with Crippen LogP contribution in [0.15, 0.2) is 61.2 Å². The minimum Gasteiger partial charge on any atom is -0.494 e. The molecule has 6 heterocycles. The van der Waals surface area contributed by atoms with Crippen molar-refractivity contribution >= 4 is 19.7 Å². The van der Waals surface area contributed by atoms with Gasteiger partial charge < -0.3 is 37.9 Å². The van der Waals surface area contributed by atoms with Gasteiger partial charge in [-0.15, -0.1) is 20.4 Å². The number of para-hydroxylation sites is 2. The third-order valence-corrected chi connectivity index (χ3v) is 17.1. The Balaban J connectivity index is 0.000000221. The zero-order chi connectivity index (χ0) is 54.9. The molecule has 2 fully saturated rings. The minimum absolute atomic E-state index is 0.0501. The van der Waals surface area contributed by atoms with Gasteiger partial charge in [0.25, 0.3) is 0 Å². The second-order valence-corrected chi connectivity index (χ2v) is 23.9. The number of hydrogen-bond acceptors (Lipinski definition) is 20. The highest BCUT2D eigenvalue weighted by atomic mass is 32.2. The highest BCUT2D eigenvalue weighted by Gasteiger charge is 2.39. The summed E-state index contributed by atoms with van der Waals surface area (Å²) >= 11 is 0. The van der Waals surface area contributed by atoms with Crippen molar-refractivity contribution in [2.45, 2.75) is 126 Å². The molecule has 2 saturated heterocycles. The predicted octanol–water partition coefficient (Wildman–Crippen LogP) is 6.71. The van der Waals surface area contributed by atoms with Crippen molar-refractivity contribution in [1.82, 2.24) is 49.5 Å². The number of aromatic nitrogens is 10. The van der Waals surface area contributed by atoms with E-state index in [0.29, 0.717) is 83.8 Å². The second-order valence-electron chi connectivity index (χ2n) is 19.2. The van der Waals surface area contributed by atoms with Crippen molar-refractivity contribution in [3.05, 3.63) is 107 Å². The molecule has 22 nitrogen and oxygen atoms in total. The number of sulfone groups is 2. The van der Waals surface area contributed by atoms with Crippen molar-refractivity contribution in [1.29, 1.82) is 0 Å². The van der Waals surface area contributed by atoms with Gasteiger partial charge in [0.2, 0.25) is 0 Å². The highest BCUT2D eigenvalue weighted by Crippen LogP contribution is 2.40. The van der Waals surface area contributed by atoms with Crippen molar-refractivity contribution < 1.29 is 54.7 Å². The summed E-state index contributed by atoms with van der Waals surface area (Å²) in [5.74, 6) is 2.86. The molecule has 0 bridgehead atoms. The molecule has 6 aromatic rings. The van der Waals surface area contributed by atoms with Crippen LogP contribution in [0, 0.1) is 13.8 Å². The SMILES string of the molecule is COc1cccc(OC)c1-n1c(CS(=O)(=O)[C@@H](C)[C@@H](OC(C)C)c2cnc(C)cn2)nnc1[C@@H]1CCOC1.COc1cccc(OC)c1-n1c(CS(=O)(=O)[C@@H](C)[C@@H](OC(C)C)c2cnc(C)cn2)nnc1[C@H]1CCOC1. The van der Waals surface area contributed by atoms with Crippen LogP contribution in [0.3, 0.4) is 0 Å². The summed E-state index contributed by atoms with van der Waals surface area (Å²) in [6.45, 7) is 16.4. The van der Waals surface area contributed by atoms with Crippen molar-refractivity contribution in [2.24, 2.45) is 0 Å². The first-order chi connectivity index (χ1) is 36.3. The molecule has 0 spiro atoms. The zero-order valence-corrected chi connectivity index (χ0v) is 46.9. The van der Waals surface area contributed by atoms with Crippen LogP contribution in [-0.4, -0.2) is 144 Å². The van der Waals surface area contributed by atoms with Gasteiger partial charge in [0.1, 0.15) is 69.7 Å². The summed E-state index contributed by atoms with van der Waals surface area (Å²) in [6, 6.07) is 10.8. The predicted molar refractivity (Wildman–Crippen MR) is 281 cm³/mol. The van der Waals surface area contributed by atoms with Crippen LogP contribution in [0.25, 0.3) is 11.4 Å². The number of aryl methyl sites for hydroxylation is 2. The standard InChI is InChI=1S/2C26H35N5O6S/c2*1-16(2)37-25(20-13-27-17(3)12-28-20)18(4)38(32,33)15-23-29-30-26(19-10-11-36-14-19)31(23)24-21(34-5)8-7-9-22(24)35-6/h2*7-9,12-13,16,18-19,25H,10-11,14-15H2,1-6H3/t18-,19+,25+;18-,19-,25+/m00/s1. The molecule has 6 atom stereocenters. The van der Waals surface area contributed by atoms with Gasteiger partial charge in [-0.2, -0.15) is 0 Å². The Kier molecular flexibility index (Phi) is 19.2. The molecule has 24 heteroatoms. The fourth-order valence-electron chi connectivity index (χ4n) is 8.97. The van der Waals surface area contributed by atoms with Crippen LogP contribution in [-0.2, 0) is 50.1 Å². The molecule has 0 aliphatic carbocycles. The third-order valence-electron chi connectivity index (χ3n) is 13.0. The van der Waals surface area contributed by atoms with Gasteiger partial charge in [-0.25, -0.2) is 16.8 Å². The molecule has 2 aliphatic heterocycles. The van der Waals surface area contributed by atoms with E-state index in [1.54, 1.807) is 113 Å². The lowest BCUT2D eigenvalue weighted by atomic mass is 10.1. The molecular weight excluding hydrogens is 1020 g/mol. The molecule has 2 aliphatic rings. The van der Waals surface area contributed by atoms with E-state index in [1.807, 2.05) is 41.5 Å². The Morgan fingerprint density at radius 3 is 1.17 bits per heavy atom. The molecular formula is C52H70N10O12S2. The Morgan fingerprint density at radius 1 is 0.539 bits per heavy atom. The fraction of sp³-hybridized carbons (Fsp3) is 0.538. The maximum absolute atomic E-state index is 13.9. The number of benzene rings is 2. The topological polar surface area (TPSA) is 255 Å². The van der Waals surface area contributed by atoms with Crippen LogP contribution in [0.1, 0.15) is 125 Å². The molecule has 76 heavy (non-hydrogen) atoms. The van der Waals surface area contributed by atoms with Crippen LogP contribution < -0.4 is 18.9 Å². The van der Waals surface area contributed by atoms with E-state index in [0.717, 1.165) is 24.2 Å². The molecule has 8 rings (SSSR count). The largest absolute Gasteiger partial charge is 0.494 e. The summed E-state index contributed by atoms with van der Waals surface area (Å²) < 4.78 is 105. The summed E-state index contributed by atoms with van der Waals surface area (Å²) in [4.78, 5) is 17.4. The van der Waals surface area contributed by atoms with Gasteiger partial charge in [-0.05, 0) is 92.5 Å². The van der Waals surface area contributed by atoms with Gasteiger partial charge in [0.15, 0.2) is 31.3 Å². The van der Waals surface area contributed by atoms with E-state index < -0.39 is 42.4 Å². The Hall–Kier alpha value is -6.18. The Bertz CT molecular complexity index is 2840. The smallest absolute Gasteiger partial charge is 0.163 e. The first-order valence-corrected chi connectivity index (χ1v) is 28.5. The van der Waals surface area contributed by atoms with E-state index in [4.69, 9.17) is 37.9 Å². The van der Waals surface area contributed by atoms with E-state index in [9.17, 15) is 16.8 Å². The van der Waals surface area contributed by atoms with Gasteiger partial charge in [-0.3, -0.25) is 29.1 Å². The monoisotopic (exact) mass is 1090 g/mol. The molecule has 0 amide bonds. The van der Waals surface area contributed by atoms with E-state index in [2.05, 4.69) is 40.3 Å². The maximum atomic E-state index is 13.9. The quantitative estimate of drug-likeness (QED) is 0.0684. The summed E-state index contributed by atoms with van der Waals surface area (Å²) in [5.41, 5.74) is 3.46. The highest BCUT2D eigenvalue weighted by molar-refractivity contribution is 7.91. The number of nitrogens with zero attached hydrogens (tertiary/aromatic N) is 10. The minimum atomic E-state index is -3.83. The average molecular weight is 1090 g/mol. The second kappa shape index (κ2) is 25.3. The van der Waals surface area contributed by atoms with E-state index in [-0.39, 0.29) is 47.2 Å². The van der Waals surface area contributed by atoms with Gasteiger partial charge in [0.05, 0.1) is 99.5 Å². The van der Waals surface area contributed by atoms with Crippen LogP contribution in [0.5, 0.6) is 23.0 Å². The summed E-state index contributed by atoms with van der Waals surface area (Å²) in [5, 5.41) is 15.7. The average Bonchev–Trinajstić information content (AvgIpc) is 4.26. The van der Waals surface area contributed by atoms with Gasteiger partial charge in [-0.1, -0.05) is 12.1 Å². The fourth-order valence-corrected chi connectivity index (χ4v) is 11.8. The van der Waals surface area contributed by atoms with Crippen LogP contribution in [0.4, 0.5) is 0 Å². The lowest BCUT2D eigenvalue weighted by Crippen LogP contribution is -2.31. The molecule has 2 aromatic carbocycles. The van der Waals surface area contributed by atoms with Crippen molar-refractivity contribution in [3.8, 4) is 34.4 Å². The van der Waals surface area contributed by atoms with Crippen molar-refractivity contribution in [2.75, 3.05) is 54.9 Å². The molecule has 4 aromatic heterocycles. The van der Waals surface area contributed by atoms with Crippen LogP contribution >= 0.6 is 0 Å². The Morgan fingerprint density at radius 2 is 0.895 bits per heavy atom. The molecule has 0 radical (unpaired) electrons. The third kappa shape index (κ3) is 13.1. The number of rotatable bonds is 22. The number of methoxy groups -OCH3 is 4. The molecule has 0 saturated carbocycles. The zero-order valence-electron chi connectivity index (χ0n) is 45.2. The molecule has 0 N–H and O–H groups in total. The summed E-state index contributed by atoms with van der Waals surface area (Å²) in [7, 11) is -1.44. The van der Waals surface area contributed by atoms with E-state index in [1.165, 1.54) is 0 Å². The normalized spacial score (nSPS) is 17.5. The number of hydrogen-bond donors (Lipinski definition) is 0. The van der Waals surface area contributed by atoms with E-state index >= 15 is 0 Å². The molecule has 0 unspecified atom stereocenters. The summed E-state index contributed by atoms with van der Waals surface area (Å²) in [6.07, 6.45) is 5.75. The first-order valence-electron chi connectivity index (χ1n) is 25.1. The maximum Gasteiger partial charge on any atom is 0.163 e. The van der Waals surface area contributed by atoms with Crippen molar-refractivity contribution in [3.63, 3.8) is 0 Å². The van der Waals surface area contributed by atoms with Crippen LogP contribution in [0.2, 0.25) is 0 Å². The van der Waals surface area contributed by atoms with Gasteiger partial charge >= 0.3 is 0 Å².